The molecule has 0 aliphatic rings. The van der Waals surface area contributed by atoms with E-state index in [1.54, 1.807) is 0 Å². The second-order valence-electron chi connectivity index (χ2n) is 7.60. The van der Waals surface area contributed by atoms with Crippen molar-refractivity contribution < 1.29 is 9.37 Å². The molecule has 0 spiro atoms. The van der Waals surface area contributed by atoms with E-state index in [2.05, 4.69) is 63.6 Å². The van der Waals surface area contributed by atoms with Gasteiger partial charge < -0.3 is 0 Å². The highest BCUT2D eigenvalue weighted by atomic mass is 35.5. The maximum absolute atomic E-state index is 12.4. The quantitative estimate of drug-likeness (QED) is 0.442. The van der Waals surface area contributed by atoms with E-state index in [0.29, 0.717) is 17.8 Å². The minimum absolute atomic E-state index is 0. The van der Waals surface area contributed by atoms with Crippen molar-refractivity contribution >= 4 is 12.4 Å². The fraction of sp³-hybridized carbons (Fsp3) is 0.360. The first-order chi connectivity index (χ1) is 13.3. The zero-order valence-electron chi connectivity index (χ0n) is 18.4. The zero-order chi connectivity index (χ0) is 20.9. The van der Waals surface area contributed by atoms with Crippen LogP contribution >= 0.6 is 12.4 Å². The summed E-state index contributed by atoms with van der Waals surface area (Å²) in [5.74, 6) is 1.51. The lowest BCUT2D eigenvalue weighted by Crippen LogP contribution is -1.99. The van der Waals surface area contributed by atoms with E-state index in [1.807, 2.05) is 48.9 Å². The van der Waals surface area contributed by atoms with Crippen LogP contribution in [-0.2, 0) is 0 Å². The van der Waals surface area contributed by atoms with Crippen molar-refractivity contribution in [1.82, 2.24) is 4.98 Å². The van der Waals surface area contributed by atoms with Crippen molar-refractivity contribution in [3.63, 3.8) is 0 Å². The average molecular weight is 418 g/mol. The van der Waals surface area contributed by atoms with E-state index < -0.39 is 0 Å². The van der Waals surface area contributed by atoms with Gasteiger partial charge in [-0.3, -0.25) is 4.98 Å². The Balaban J connectivity index is 0.000000399. The number of benzene rings is 1. The molecule has 0 aliphatic carbocycles. The molecule has 0 saturated heterocycles. The van der Waals surface area contributed by atoms with Crippen LogP contribution in [0.2, 0.25) is 0 Å². The van der Waals surface area contributed by atoms with Gasteiger partial charge in [0.2, 0.25) is 0 Å². The van der Waals surface area contributed by atoms with Crippen LogP contribution in [0.1, 0.15) is 76.1 Å². The van der Waals surface area contributed by atoms with Gasteiger partial charge in [0, 0.05) is 24.0 Å². The number of halogens is 2. The third-order valence-electron chi connectivity index (χ3n) is 4.23. The lowest BCUT2D eigenvalue weighted by atomic mass is 10.0. The number of hydrogen-bond donors (Lipinski definition) is 0. The van der Waals surface area contributed by atoms with Gasteiger partial charge in [-0.05, 0) is 53.1 Å². The Labute approximate surface area is 182 Å². The van der Waals surface area contributed by atoms with Gasteiger partial charge in [0.1, 0.15) is 5.82 Å². The number of aromatic nitrogens is 2. The first kappa shape index (κ1) is 26.7. The third kappa shape index (κ3) is 11.4. The Hall–Kier alpha value is -2.26. The average Bonchev–Trinajstić information content (AvgIpc) is 2.70. The Morgan fingerprint density at radius 1 is 0.690 bits per heavy atom. The van der Waals surface area contributed by atoms with Crippen LogP contribution in [0.25, 0.3) is 0 Å². The molecule has 0 unspecified atom stereocenters. The van der Waals surface area contributed by atoms with Crippen molar-refractivity contribution in [2.75, 3.05) is 0 Å². The van der Waals surface area contributed by atoms with E-state index in [9.17, 15) is 4.39 Å². The Morgan fingerprint density at radius 3 is 1.55 bits per heavy atom. The predicted octanol–water partition coefficient (Wildman–Crippen LogP) is 7.20. The van der Waals surface area contributed by atoms with E-state index in [0.717, 1.165) is 5.69 Å². The number of nitrogens with one attached hydrogen (secondary N) is 1. The van der Waals surface area contributed by atoms with Gasteiger partial charge >= 0.3 is 0 Å². The van der Waals surface area contributed by atoms with Crippen LogP contribution in [0.3, 0.4) is 0 Å². The van der Waals surface area contributed by atoms with Crippen molar-refractivity contribution in [3.05, 3.63) is 95.8 Å². The Kier molecular flexibility index (Phi) is 13.6. The third-order valence-corrected chi connectivity index (χ3v) is 4.23. The molecular formula is C25H35ClFN2+. The number of aromatic amines is 1. The summed E-state index contributed by atoms with van der Waals surface area (Å²) in [6, 6.07) is 16.8. The van der Waals surface area contributed by atoms with Crippen molar-refractivity contribution in [2.24, 2.45) is 0 Å². The Morgan fingerprint density at radius 2 is 1.21 bits per heavy atom. The van der Waals surface area contributed by atoms with Gasteiger partial charge in [-0.25, -0.2) is 9.37 Å². The Bertz CT molecular complexity index is 714. The summed E-state index contributed by atoms with van der Waals surface area (Å²) < 4.78 is 12.4. The lowest BCUT2D eigenvalue weighted by molar-refractivity contribution is -0.378. The van der Waals surface area contributed by atoms with Gasteiger partial charge in [0.05, 0.1) is 0 Å². The summed E-state index contributed by atoms with van der Waals surface area (Å²) in [7, 11) is 0. The molecule has 158 valence electrons. The van der Waals surface area contributed by atoms with Crippen LogP contribution in [0.5, 0.6) is 0 Å². The second-order valence-corrected chi connectivity index (χ2v) is 7.60. The summed E-state index contributed by atoms with van der Waals surface area (Å²) in [6.07, 6.45) is 5.74. The highest BCUT2D eigenvalue weighted by molar-refractivity contribution is 5.85. The van der Waals surface area contributed by atoms with Gasteiger partial charge in [-0.15, -0.1) is 12.4 Å². The largest absolute Gasteiger partial charge is 0.261 e. The maximum Gasteiger partial charge on any atom is 0.167 e. The van der Waals surface area contributed by atoms with E-state index >= 15 is 0 Å². The molecule has 0 radical (unpaired) electrons. The van der Waals surface area contributed by atoms with Crippen LogP contribution < -0.4 is 4.98 Å². The number of hydrogen-bond acceptors (Lipinski definition) is 1. The minimum atomic E-state index is -0.163. The van der Waals surface area contributed by atoms with Crippen LogP contribution in [-0.4, -0.2) is 4.98 Å². The topological polar surface area (TPSA) is 27.0 Å². The van der Waals surface area contributed by atoms with Crippen molar-refractivity contribution in [1.29, 1.82) is 0 Å². The first-order valence-corrected chi connectivity index (χ1v) is 9.93. The SMILES string of the molecule is CC(C)c1cc[nH+]cc1.CC(C)c1ccc(F)cc1.CC(C)c1ccccn1.Cl. The molecule has 1 N–H and O–H groups in total. The molecule has 2 heterocycles. The fourth-order valence-corrected chi connectivity index (χ4v) is 2.35. The number of nitrogens with zero attached hydrogens (tertiary/aromatic N) is 1. The molecule has 0 atom stereocenters. The molecule has 3 rings (SSSR count). The van der Waals surface area contributed by atoms with Crippen molar-refractivity contribution in [2.45, 2.75) is 59.3 Å². The molecular weight excluding hydrogens is 383 g/mol. The molecule has 3 aromatic rings. The first-order valence-electron chi connectivity index (χ1n) is 9.93. The standard InChI is InChI=1S/C9H11F.2C8H11N.ClH/c1-7(2)8-3-5-9(10)6-4-8;1-7(2)8-3-5-9-6-4-8;1-7(2)8-5-3-4-6-9-8;/h3-7H,1-2H3;2*3-7H,1-2H3;1H/p+1. The molecule has 0 fully saturated rings. The van der Waals surface area contributed by atoms with Gasteiger partial charge in [-0.1, -0.05) is 59.7 Å². The molecule has 2 aromatic heterocycles. The minimum Gasteiger partial charge on any atom is -0.261 e. The monoisotopic (exact) mass is 417 g/mol. The summed E-state index contributed by atoms with van der Waals surface area (Å²) in [6.45, 7) is 12.8. The lowest BCUT2D eigenvalue weighted by Gasteiger charge is -2.02. The summed E-state index contributed by atoms with van der Waals surface area (Å²) >= 11 is 0. The molecule has 29 heavy (non-hydrogen) atoms. The second kappa shape index (κ2) is 14.7. The highest BCUT2D eigenvalue weighted by Gasteiger charge is 1.97. The molecule has 0 saturated carbocycles. The number of pyridine rings is 2. The molecule has 0 aliphatic heterocycles. The predicted molar refractivity (Wildman–Crippen MR) is 123 cm³/mol. The smallest absolute Gasteiger partial charge is 0.167 e. The van der Waals surface area contributed by atoms with Crippen LogP contribution in [0.4, 0.5) is 4.39 Å². The van der Waals surface area contributed by atoms with Gasteiger partial charge in [0.25, 0.3) is 0 Å². The molecule has 2 nitrogen and oxygen atoms in total. The van der Waals surface area contributed by atoms with E-state index in [1.165, 1.54) is 23.3 Å². The molecule has 1 aromatic carbocycles. The van der Waals surface area contributed by atoms with Gasteiger partial charge in [-0.2, -0.15) is 0 Å². The van der Waals surface area contributed by atoms with Gasteiger partial charge in [0.15, 0.2) is 12.4 Å². The molecule has 0 amide bonds. The van der Waals surface area contributed by atoms with Crippen LogP contribution in [0.15, 0.2) is 73.2 Å². The summed E-state index contributed by atoms with van der Waals surface area (Å²) in [5.41, 5.74) is 3.73. The highest BCUT2D eigenvalue weighted by Crippen LogP contribution is 2.13. The fourth-order valence-electron chi connectivity index (χ4n) is 2.35. The molecule has 4 heteroatoms. The number of rotatable bonds is 3. The molecule has 0 bridgehead atoms. The maximum atomic E-state index is 12.4. The van der Waals surface area contributed by atoms with E-state index in [4.69, 9.17) is 0 Å². The summed E-state index contributed by atoms with van der Waals surface area (Å²) in [5, 5.41) is 0. The van der Waals surface area contributed by atoms with Crippen molar-refractivity contribution in [3.8, 4) is 0 Å². The normalized spacial score (nSPS) is 9.86. The zero-order valence-corrected chi connectivity index (χ0v) is 19.2. The van der Waals surface area contributed by atoms with E-state index in [-0.39, 0.29) is 18.2 Å². The van der Waals surface area contributed by atoms with Crippen LogP contribution in [0, 0.1) is 5.82 Å². The summed E-state index contributed by atoms with van der Waals surface area (Å²) in [4.78, 5) is 7.17. The number of H-pyrrole nitrogens is 1.